The van der Waals surface area contributed by atoms with Gasteiger partial charge in [0.1, 0.15) is 0 Å². The first-order valence-electron chi connectivity index (χ1n) is 7.68. The molecule has 1 heterocycles. The van der Waals surface area contributed by atoms with Crippen LogP contribution >= 0.6 is 12.4 Å². The van der Waals surface area contributed by atoms with Gasteiger partial charge in [-0.2, -0.15) is 0 Å². The Hall–Kier alpha value is -1.06. The molecule has 1 amide bonds. The minimum atomic E-state index is 0. The molecule has 1 aromatic carbocycles. The lowest BCUT2D eigenvalue weighted by Crippen LogP contribution is -2.38. The highest BCUT2D eigenvalue weighted by atomic mass is 35.5. The van der Waals surface area contributed by atoms with Gasteiger partial charge >= 0.3 is 0 Å². The minimum Gasteiger partial charge on any atom is -0.338 e. The highest BCUT2D eigenvalue weighted by molar-refractivity contribution is 5.94. The molecule has 0 radical (unpaired) electrons. The molecule has 2 N–H and O–H groups in total. The van der Waals surface area contributed by atoms with Crippen LogP contribution in [0.25, 0.3) is 0 Å². The van der Waals surface area contributed by atoms with Crippen molar-refractivity contribution in [3.8, 4) is 0 Å². The summed E-state index contributed by atoms with van der Waals surface area (Å²) in [5, 5.41) is 0. The number of rotatable bonds is 1. The second-order valence-corrected chi connectivity index (χ2v) is 6.61. The molecule has 3 atom stereocenters. The topological polar surface area (TPSA) is 46.3 Å². The molecule has 21 heavy (non-hydrogen) atoms. The molecule has 2 aliphatic rings. The van der Waals surface area contributed by atoms with Gasteiger partial charge in [-0.25, -0.2) is 0 Å². The molecule has 1 saturated carbocycles. The number of hydrogen-bond donors (Lipinski definition) is 1. The highest BCUT2D eigenvalue weighted by Gasteiger charge is 2.40. The lowest BCUT2D eigenvalue weighted by Gasteiger charge is -2.29. The number of nitrogens with zero attached hydrogens (tertiary/aromatic N) is 1. The van der Waals surface area contributed by atoms with E-state index in [0.29, 0.717) is 11.8 Å². The second kappa shape index (κ2) is 6.37. The van der Waals surface area contributed by atoms with E-state index in [0.717, 1.165) is 36.2 Å². The molecule has 1 aliphatic heterocycles. The van der Waals surface area contributed by atoms with Crippen LogP contribution in [0.4, 0.5) is 0 Å². The fraction of sp³-hybridized carbons (Fsp3) is 0.588. The van der Waals surface area contributed by atoms with Crippen LogP contribution in [0.2, 0.25) is 0 Å². The van der Waals surface area contributed by atoms with Gasteiger partial charge in [-0.15, -0.1) is 12.4 Å². The van der Waals surface area contributed by atoms with Crippen LogP contribution in [0.5, 0.6) is 0 Å². The first-order chi connectivity index (χ1) is 9.54. The number of nitrogens with two attached hydrogens (primary N) is 1. The summed E-state index contributed by atoms with van der Waals surface area (Å²) in [7, 11) is 0. The number of hydrogen-bond acceptors (Lipinski definition) is 2. The molecule has 3 nitrogen and oxygen atoms in total. The SMILES string of the molecule is Cc1cc(C)cc(C(=O)N2CC3CCCC(N)C3C2)c1.Cl. The molecule has 1 aromatic rings. The van der Waals surface area contributed by atoms with Crippen molar-refractivity contribution in [1.82, 2.24) is 4.90 Å². The molecule has 4 heteroatoms. The first-order valence-corrected chi connectivity index (χ1v) is 7.68. The monoisotopic (exact) mass is 308 g/mol. The molecular weight excluding hydrogens is 284 g/mol. The van der Waals surface area contributed by atoms with Crippen LogP contribution in [-0.2, 0) is 0 Å². The summed E-state index contributed by atoms with van der Waals surface area (Å²) in [6, 6.07) is 6.39. The highest BCUT2D eigenvalue weighted by Crippen LogP contribution is 2.36. The van der Waals surface area contributed by atoms with Gasteiger partial charge in [0, 0.05) is 24.7 Å². The van der Waals surface area contributed by atoms with E-state index in [1.54, 1.807) is 0 Å². The van der Waals surface area contributed by atoms with Crippen LogP contribution in [0.15, 0.2) is 18.2 Å². The summed E-state index contributed by atoms with van der Waals surface area (Å²) in [5.41, 5.74) is 9.37. The van der Waals surface area contributed by atoms with Crippen LogP contribution in [0.3, 0.4) is 0 Å². The third-order valence-corrected chi connectivity index (χ3v) is 4.91. The summed E-state index contributed by atoms with van der Waals surface area (Å²) >= 11 is 0. The van der Waals surface area contributed by atoms with Crippen molar-refractivity contribution < 1.29 is 4.79 Å². The van der Waals surface area contributed by atoms with Crippen LogP contribution in [0, 0.1) is 25.7 Å². The van der Waals surface area contributed by atoms with Crippen molar-refractivity contribution in [2.45, 2.75) is 39.2 Å². The van der Waals surface area contributed by atoms with Crippen molar-refractivity contribution >= 4 is 18.3 Å². The predicted octanol–water partition coefficient (Wildman–Crippen LogP) is 2.92. The van der Waals surface area contributed by atoms with Gasteiger partial charge in [0.25, 0.3) is 5.91 Å². The lowest BCUT2D eigenvalue weighted by atomic mass is 9.78. The number of halogens is 1. The van der Waals surface area contributed by atoms with E-state index in [1.165, 1.54) is 12.8 Å². The van der Waals surface area contributed by atoms with Crippen LogP contribution in [-0.4, -0.2) is 29.9 Å². The molecule has 116 valence electrons. The van der Waals surface area contributed by atoms with E-state index >= 15 is 0 Å². The van der Waals surface area contributed by atoms with Crippen LogP contribution < -0.4 is 5.73 Å². The number of aryl methyl sites for hydroxylation is 2. The van der Waals surface area contributed by atoms with Crippen molar-refractivity contribution in [1.29, 1.82) is 0 Å². The van der Waals surface area contributed by atoms with E-state index in [9.17, 15) is 4.79 Å². The molecule has 1 saturated heterocycles. The fourth-order valence-electron chi connectivity index (χ4n) is 3.96. The average Bonchev–Trinajstić information content (AvgIpc) is 2.82. The number of fused-ring (bicyclic) bond motifs is 1. The molecule has 3 rings (SSSR count). The molecule has 1 aliphatic carbocycles. The maximum Gasteiger partial charge on any atom is 0.253 e. The Morgan fingerprint density at radius 3 is 2.43 bits per heavy atom. The van der Waals surface area contributed by atoms with E-state index in [2.05, 4.69) is 6.07 Å². The molecule has 0 aromatic heterocycles. The Bertz CT molecular complexity index is 511. The van der Waals surface area contributed by atoms with Gasteiger partial charge in [-0.05, 0) is 50.7 Å². The summed E-state index contributed by atoms with van der Waals surface area (Å²) < 4.78 is 0. The molecular formula is C17H25ClN2O. The Balaban J connectivity index is 0.00000161. The Morgan fingerprint density at radius 2 is 1.81 bits per heavy atom. The standard InChI is InChI=1S/C17H24N2O.ClH/c1-11-6-12(2)8-14(7-11)17(20)19-9-13-4-3-5-16(18)15(13)10-19;/h6-8,13,15-16H,3-5,9-10,18H2,1-2H3;1H. The normalized spacial score (nSPS) is 28.0. The maximum atomic E-state index is 12.7. The quantitative estimate of drug-likeness (QED) is 0.867. The van der Waals surface area contributed by atoms with E-state index in [1.807, 2.05) is 30.9 Å². The van der Waals surface area contributed by atoms with Gasteiger partial charge in [0.2, 0.25) is 0 Å². The zero-order chi connectivity index (χ0) is 14.3. The number of benzene rings is 1. The molecule has 2 fully saturated rings. The molecule has 0 spiro atoms. The zero-order valence-corrected chi connectivity index (χ0v) is 13.7. The average molecular weight is 309 g/mol. The summed E-state index contributed by atoms with van der Waals surface area (Å²) in [4.78, 5) is 14.7. The van der Waals surface area contributed by atoms with Crippen molar-refractivity contribution in [2.24, 2.45) is 17.6 Å². The summed E-state index contributed by atoms with van der Waals surface area (Å²) in [5.74, 6) is 1.31. The molecule has 3 unspecified atom stereocenters. The van der Waals surface area contributed by atoms with Crippen LogP contribution in [0.1, 0.15) is 40.7 Å². The van der Waals surface area contributed by atoms with Crippen molar-refractivity contribution in [3.05, 3.63) is 34.9 Å². The number of carbonyl (C=O) groups is 1. The summed E-state index contributed by atoms with van der Waals surface area (Å²) in [6.45, 7) is 5.83. The Labute approximate surface area is 133 Å². The van der Waals surface area contributed by atoms with Gasteiger partial charge < -0.3 is 10.6 Å². The van der Waals surface area contributed by atoms with Gasteiger partial charge in [0.15, 0.2) is 0 Å². The van der Waals surface area contributed by atoms with Crippen molar-refractivity contribution in [2.75, 3.05) is 13.1 Å². The largest absolute Gasteiger partial charge is 0.338 e. The molecule has 0 bridgehead atoms. The summed E-state index contributed by atoms with van der Waals surface area (Å²) in [6.07, 6.45) is 3.57. The van der Waals surface area contributed by atoms with Crippen molar-refractivity contribution in [3.63, 3.8) is 0 Å². The zero-order valence-electron chi connectivity index (χ0n) is 12.8. The lowest BCUT2D eigenvalue weighted by molar-refractivity contribution is 0.0783. The van der Waals surface area contributed by atoms with E-state index < -0.39 is 0 Å². The van der Waals surface area contributed by atoms with Gasteiger partial charge in [-0.3, -0.25) is 4.79 Å². The minimum absolute atomic E-state index is 0. The predicted molar refractivity (Wildman–Crippen MR) is 87.9 cm³/mol. The number of carbonyl (C=O) groups excluding carboxylic acids is 1. The fourth-order valence-corrected chi connectivity index (χ4v) is 3.96. The number of likely N-dealkylation sites (tertiary alicyclic amines) is 1. The third kappa shape index (κ3) is 3.24. The van der Waals surface area contributed by atoms with Gasteiger partial charge in [0.05, 0.1) is 0 Å². The van der Waals surface area contributed by atoms with E-state index in [4.69, 9.17) is 5.73 Å². The smallest absolute Gasteiger partial charge is 0.253 e. The first kappa shape index (κ1) is 16.3. The second-order valence-electron chi connectivity index (χ2n) is 6.61. The maximum absolute atomic E-state index is 12.7. The third-order valence-electron chi connectivity index (χ3n) is 4.91. The van der Waals surface area contributed by atoms with Gasteiger partial charge in [-0.1, -0.05) is 23.6 Å². The Kier molecular flexibility index (Phi) is 4.95. The van der Waals surface area contributed by atoms with E-state index in [-0.39, 0.29) is 24.4 Å². The number of amides is 1. The Morgan fingerprint density at radius 1 is 1.14 bits per heavy atom.